The molecular weight excluding hydrogens is 268 g/mol. The molecule has 1 saturated carbocycles. The van der Waals surface area contributed by atoms with Gasteiger partial charge in [-0.15, -0.1) is 0 Å². The number of carbonyl (C=O) groups is 2. The molecule has 0 saturated heterocycles. The Bertz CT molecular complexity index is 509. The Morgan fingerprint density at radius 3 is 2.43 bits per heavy atom. The van der Waals surface area contributed by atoms with E-state index in [0.29, 0.717) is 18.0 Å². The van der Waals surface area contributed by atoms with E-state index < -0.39 is 5.97 Å². The van der Waals surface area contributed by atoms with Gasteiger partial charge >= 0.3 is 5.97 Å². The number of rotatable bonds is 7. The predicted octanol–water partition coefficient (Wildman–Crippen LogP) is 2.33. The lowest BCUT2D eigenvalue weighted by atomic mass is 9.98. The summed E-state index contributed by atoms with van der Waals surface area (Å²) in [7, 11) is 0. The van der Waals surface area contributed by atoms with Crippen LogP contribution in [-0.2, 0) is 9.59 Å². The van der Waals surface area contributed by atoms with E-state index in [1.165, 1.54) is 0 Å². The lowest BCUT2D eigenvalue weighted by Crippen LogP contribution is -2.28. The molecule has 0 spiro atoms. The number of carbonyl (C=O) groups excluding carboxylic acids is 1. The van der Waals surface area contributed by atoms with Gasteiger partial charge in [0, 0.05) is 18.2 Å². The van der Waals surface area contributed by atoms with Gasteiger partial charge in [0.05, 0.1) is 6.42 Å². The third-order valence-corrected chi connectivity index (χ3v) is 3.89. The van der Waals surface area contributed by atoms with Crippen LogP contribution >= 0.6 is 0 Å². The number of amides is 1. The molecule has 21 heavy (non-hydrogen) atoms. The molecule has 2 atom stereocenters. The molecule has 5 nitrogen and oxygen atoms in total. The quantitative estimate of drug-likeness (QED) is 0.718. The fourth-order valence-corrected chi connectivity index (χ4v) is 2.39. The Labute approximate surface area is 124 Å². The first-order valence-corrected chi connectivity index (χ1v) is 7.33. The molecule has 0 bridgehead atoms. The van der Waals surface area contributed by atoms with Crippen molar-refractivity contribution in [3.8, 4) is 0 Å². The van der Waals surface area contributed by atoms with E-state index in [-0.39, 0.29) is 24.3 Å². The van der Waals surface area contributed by atoms with Crippen LogP contribution in [-0.4, -0.2) is 23.0 Å². The highest BCUT2D eigenvalue weighted by Crippen LogP contribution is 2.32. The second-order valence-corrected chi connectivity index (χ2v) is 5.87. The van der Waals surface area contributed by atoms with Crippen LogP contribution in [0.25, 0.3) is 0 Å². The number of hydrogen-bond donors (Lipinski definition) is 3. The molecule has 114 valence electrons. The molecule has 4 N–H and O–H groups in total. The predicted molar refractivity (Wildman–Crippen MR) is 81.1 cm³/mol. The Morgan fingerprint density at radius 1 is 1.29 bits per heavy atom. The molecule has 0 aliphatic heterocycles. The molecule has 1 aliphatic carbocycles. The van der Waals surface area contributed by atoms with E-state index >= 15 is 0 Å². The van der Waals surface area contributed by atoms with Crippen molar-refractivity contribution in [1.29, 1.82) is 0 Å². The number of carboxylic acid groups (broad SMARTS) is 1. The van der Waals surface area contributed by atoms with Crippen LogP contribution in [0, 0.1) is 5.92 Å². The lowest BCUT2D eigenvalue weighted by Gasteiger charge is -2.12. The summed E-state index contributed by atoms with van der Waals surface area (Å²) < 4.78 is 0. The summed E-state index contributed by atoms with van der Waals surface area (Å²) in [6.07, 6.45) is 2.71. The van der Waals surface area contributed by atoms with E-state index in [0.717, 1.165) is 18.4 Å². The maximum Gasteiger partial charge on any atom is 0.303 e. The van der Waals surface area contributed by atoms with Gasteiger partial charge in [0.1, 0.15) is 0 Å². The summed E-state index contributed by atoms with van der Waals surface area (Å²) in [5, 5.41) is 11.6. The number of benzene rings is 1. The van der Waals surface area contributed by atoms with Gasteiger partial charge in [-0.05, 0) is 42.4 Å². The third kappa shape index (κ3) is 4.86. The zero-order valence-electron chi connectivity index (χ0n) is 12.2. The number of nitrogens with two attached hydrogens (primary N) is 1. The van der Waals surface area contributed by atoms with E-state index in [1.807, 2.05) is 19.1 Å². The van der Waals surface area contributed by atoms with Crippen molar-refractivity contribution in [3.05, 3.63) is 29.8 Å². The van der Waals surface area contributed by atoms with Gasteiger partial charge in [0.15, 0.2) is 0 Å². The van der Waals surface area contributed by atoms with Crippen LogP contribution in [0.1, 0.15) is 44.1 Å². The highest BCUT2D eigenvalue weighted by atomic mass is 16.4. The summed E-state index contributed by atoms with van der Waals surface area (Å²) in [6, 6.07) is 7.26. The summed E-state index contributed by atoms with van der Waals surface area (Å²) >= 11 is 0. The maximum absolute atomic E-state index is 11.9. The first-order valence-electron chi connectivity index (χ1n) is 7.33. The normalized spacial score (nSPS) is 17.0. The van der Waals surface area contributed by atoms with Crippen molar-refractivity contribution in [2.75, 3.05) is 5.32 Å². The second-order valence-electron chi connectivity index (χ2n) is 5.87. The molecule has 2 unspecified atom stereocenters. The molecular formula is C16H22N2O3. The van der Waals surface area contributed by atoms with Crippen LogP contribution in [0.5, 0.6) is 0 Å². The summed E-state index contributed by atoms with van der Waals surface area (Å²) in [4.78, 5) is 22.5. The van der Waals surface area contributed by atoms with E-state index in [1.54, 1.807) is 12.1 Å². The van der Waals surface area contributed by atoms with E-state index in [9.17, 15) is 9.59 Å². The number of hydrogen-bond acceptors (Lipinski definition) is 3. The second kappa shape index (κ2) is 6.72. The average Bonchev–Trinajstić information content (AvgIpc) is 3.22. The Hall–Kier alpha value is -1.88. The molecule has 2 rings (SSSR count). The average molecular weight is 290 g/mol. The zero-order chi connectivity index (χ0) is 15.4. The summed E-state index contributed by atoms with van der Waals surface area (Å²) in [6.45, 7) is 1.87. The largest absolute Gasteiger partial charge is 0.481 e. The van der Waals surface area contributed by atoms with Gasteiger partial charge < -0.3 is 16.2 Å². The van der Waals surface area contributed by atoms with Gasteiger partial charge in [-0.2, -0.15) is 0 Å². The highest BCUT2D eigenvalue weighted by Gasteiger charge is 2.29. The molecule has 1 fully saturated rings. The molecule has 1 amide bonds. The smallest absolute Gasteiger partial charge is 0.303 e. The number of nitrogens with one attached hydrogen (secondary N) is 1. The van der Waals surface area contributed by atoms with Crippen molar-refractivity contribution < 1.29 is 14.7 Å². The molecule has 5 heteroatoms. The molecule has 0 heterocycles. The van der Waals surface area contributed by atoms with Crippen molar-refractivity contribution in [2.24, 2.45) is 11.7 Å². The van der Waals surface area contributed by atoms with E-state index in [4.69, 9.17) is 10.8 Å². The Balaban J connectivity index is 1.86. The van der Waals surface area contributed by atoms with Crippen LogP contribution in [0.2, 0.25) is 0 Å². The minimum absolute atomic E-state index is 0.0418. The zero-order valence-corrected chi connectivity index (χ0v) is 12.2. The van der Waals surface area contributed by atoms with Crippen molar-refractivity contribution in [1.82, 2.24) is 0 Å². The minimum Gasteiger partial charge on any atom is -0.481 e. The monoisotopic (exact) mass is 290 g/mol. The molecule has 1 aromatic carbocycles. The minimum atomic E-state index is -0.811. The third-order valence-electron chi connectivity index (χ3n) is 3.89. The molecule has 0 aromatic heterocycles. The first-order chi connectivity index (χ1) is 9.95. The fourth-order valence-electron chi connectivity index (χ4n) is 2.39. The fraction of sp³-hybridized carbons (Fsp3) is 0.500. The van der Waals surface area contributed by atoms with Gasteiger partial charge in [0.25, 0.3) is 0 Å². The van der Waals surface area contributed by atoms with Crippen molar-refractivity contribution >= 4 is 17.6 Å². The topological polar surface area (TPSA) is 92.4 Å². The van der Waals surface area contributed by atoms with Gasteiger partial charge in [0.2, 0.25) is 5.91 Å². The summed E-state index contributed by atoms with van der Waals surface area (Å²) in [5.74, 6) is -0.416. The maximum atomic E-state index is 11.9. The van der Waals surface area contributed by atoms with Gasteiger partial charge in [-0.1, -0.05) is 19.1 Å². The Kier molecular flexibility index (Phi) is 4.96. The van der Waals surface area contributed by atoms with Gasteiger partial charge in [-0.25, -0.2) is 0 Å². The van der Waals surface area contributed by atoms with Crippen LogP contribution in [0.4, 0.5) is 5.69 Å². The molecule has 1 aromatic rings. The Morgan fingerprint density at radius 2 is 1.90 bits per heavy atom. The highest BCUT2D eigenvalue weighted by molar-refractivity contribution is 5.91. The van der Waals surface area contributed by atoms with Crippen molar-refractivity contribution in [2.45, 2.75) is 44.6 Å². The number of carboxylic acids is 1. The molecule has 1 aliphatic rings. The van der Waals surface area contributed by atoms with Crippen LogP contribution < -0.4 is 11.1 Å². The summed E-state index contributed by atoms with van der Waals surface area (Å²) in [5.41, 5.74) is 7.59. The standard InChI is InChI=1S/C16H22N2O3/c1-10(8-16(20)21)11-4-6-13(7-5-11)18-15(19)9-14(17)12-2-3-12/h4-7,10,12,14H,2-3,8-9,17H2,1H3,(H,18,19)(H,20,21). The van der Waals surface area contributed by atoms with E-state index in [2.05, 4.69) is 5.32 Å². The first kappa shape index (κ1) is 15.5. The lowest BCUT2D eigenvalue weighted by molar-refractivity contribution is -0.137. The molecule has 0 radical (unpaired) electrons. The van der Waals surface area contributed by atoms with Crippen LogP contribution in [0.15, 0.2) is 24.3 Å². The van der Waals surface area contributed by atoms with Crippen molar-refractivity contribution in [3.63, 3.8) is 0 Å². The SMILES string of the molecule is CC(CC(=O)O)c1ccc(NC(=O)CC(N)C2CC2)cc1. The number of aliphatic carboxylic acids is 1. The van der Waals surface area contributed by atoms with Gasteiger partial charge in [-0.3, -0.25) is 9.59 Å². The van der Waals surface area contributed by atoms with Crippen LogP contribution in [0.3, 0.4) is 0 Å². The number of anilines is 1.